The Morgan fingerprint density at radius 3 is 2.67 bits per heavy atom. The van der Waals surface area contributed by atoms with Gasteiger partial charge in [0.15, 0.2) is 0 Å². The molecular formula is C20H22N2O2. The van der Waals surface area contributed by atoms with Crippen molar-refractivity contribution in [2.75, 3.05) is 17.2 Å². The quantitative estimate of drug-likeness (QED) is 0.842. The fraction of sp³-hybridized carbons (Fsp3) is 0.350. The van der Waals surface area contributed by atoms with Crippen LogP contribution in [0.2, 0.25) is 0 Å². The first kappa shape index (κ1) is 15.1. The lowest BCUT2D eigenvalue weighted by molar-refractivity contribution is -0.147. The van der Waals surface area contributed by atoms with Crippen LogP contribution in [-0.4, -0.2) is 18.6 Å². The molecule has 1 heterocycles. The van der Waals surface area contributed by atoms with E-state index in [1.165, 1.54) is 5.56 Å². The summed E-state index contributed by atoms with van der Waals surface area (Å²) in [5.41, 5.74) is 3.14. The van der Waals surface area contributed by atoms with Gasteiger partial charge >= 0.3 is 5.97 Å². The lowest BCUT2D eigenvalue weighted by Gasteiger charge is -2.57. The zero-order valence-electron chi connectivity index (χ0n) is 13.8. The van der Waals surface area contributed by atoms with Crippen LogP contribution in [0.15, 0.2) is 54.6 Å². The van der Waals surface area contributed by atoms with Gasteiger partial charge in [-0.25, -0.2) is 4.79 Å². The minimum atomic E-state index is -0.301. The molecule has 24 heavy (non-hydrogen) atoms. The highest BCUT2D eigenvalue weighted by molar-refractivity contribution is 5.83. The van der Waals surface area contributed by atoms with E-state index in [-0.39, 0.29) is 23.5 Å². The first-order valence-corrected chi connectivity index (χ1v) is 8.60. The molecule has 4 nitrogen and oxygen atoms in total. The van der Waals surface area contributed by atoms with E-state index in [0.29, 0.717) is 6.61 Å². The van der Waals surface area contributed by atoms with E-state index >= 15 is 0 Å². The molecule has 0 bridgehead atoms. The number of carbonyl (C=O) groups is 1. The van der Waals surface area contributed by atoms with Crippen molar-refractivity contribution in [2.45, 2.75) is 31.3 Å². The Labute approximate surface area is 142 Å². The van der Waals surface area contributed by atoms with Gasteiger partial charge in [-0.05, 0) is 38.0 Å². The third-order valence-electron chi connectivity index (χ3n) is 5.29. The third-order valence-corrected chi connectivity index (χ3v) is 5.29. The fourth-order valence-electron chi connectivity index (χ4n) is 4.11. The molecule has 1 saturated carbocycles. The van der Waals surface area contributed by atoms with Crippen molar-refractivity contribution in [3.05, 3.63) is 60.2 Å². The van der Waals surface area contributed by atoms with Crippen molar-refractivity contribution in [1.29, 1.82) is 0 Å². The van der Waals surface area contributed by atoms with Gasteiger partial charge in [-0.3, -0.25) is 0 Å². The number of fused-ring (bicyclic) bond motifs is 3. The van der Waals surface area contributed by atoms with Gasteiger partial charge in [-0.2, -0.15) is 0 Å². The maximum atomic E-state index is 12.5. The Morgan fingerprint density at radius 1 is 1.21 bits per heavy atom. The summed E-state index contributed by atoms with van der Waals surface area (Å²) in [4.78, 5) is 12.5. The monoisotopic (exact) mass is 322 g/mol. The number of hydrogen-bond donors (Lipinski definition) is 2. The third kappa shape index (κ3) is 2.25. The topological polar surface area (TPSA) is 50.4 Å². The van der Waals surface area contributed by atoms with Crippen LogP contribution in [0, 0.1) is 5.92 Å². The van der Waals surface area contributed by atoms with Crippen LogP contribution in [-0.2, 0) is 15.1 Å². The van der Waals surface area contributed by atoms with E-state index < -0.39 is 0 Å². The Morgan fingerprint density at radius 2 is 1.96 bits per heavy atom. The molecule has 0 unspecified atom stereocenters. The maximum Gasteiger partial charge on any atom is 0.328 e. The number of hydrogen-bond acceptors (Lipinski definition) is 4. The van der Waals surface area contributed by atoms with Crippen LogP contribution in [0.5, 0.6) is 0 Å². The molecule has 0 aromatic heterocycles. The molecule has 1 aliphatic carbocycles. The molecule has 2 aliphatic rings. The average Bonchev–Trinajstić information content (AvgIpc) is 2.59. The van der Waals surface area contributed by atoms with Gasteiger partial charge in [-0.15, -0.1) is 0 Å². The van der Waals surface area contributed by atoms with Crippen LogP contribution < -0.4 is 10.6 Å². The van der Waals surface area contributed by atoms with E-state index in [0.717, 1.165) is 24.2 Å². The van der Waals surface area contributed by atoms with Crippen LogP contribution in [0.25, 0.3) is 0 Å². The molecule has 2 aromatic rings. The van der Waals surface area contributed by atoms with Gasteiger partial charge in [0.1, 0.15) is 6.04 Å². The van der Waals surface area contributed by atoms with Crippen molar-refractivity contribution in [3.8, 4) is 0 Å². The number of ether oxygens (including phenoxy) is 1. The molecule has 0 saturated heterocycles. The number of anilines is 2. The minimum absolute atomic E-state index is 0.157. The van der Waals surface area contributed by atoms with E-state index in [2.05, 4.69) is 34.9 Å². The van der Waals surface area contributed by atoms with Crippen molar-refractivity contribution in [1.82, 2.24) is 0 Å². The summed E-state index contributed by atoms with van der Waals surface area (Å²) in [7, 11) is 0. The number of esters is 1. The molecule has 0 amide bonds. The van der Waals surface area contributed by atoms with E-state index in [9.17, 15) is 4.79 Å². The first-order valence-electron chi connectivity index (χ1n) is 8.60. The molecule has 1 fully saturated rings. The summed E-state index contributed by atoms with van der Waals surface area (Å²) >= 11 is 0. The average molecular weight is 322 g/mol. The minimum Gasteiger partial charge on any atom is -0.464 e. The summed E-state index contributed by atoms with van der Waals surface area (Å²) in [5, 5.41) is 7.14. The van der Waals surface area contributed by atoms with Gasteiger partial charge in [-0.1, -0.05) is 36.4 Å². The van der Waals surface area contributed by atoms with E-state index in [1.54, 1.807) is 0 Å². The van der Waals surface area contributed by atoms with E-state index in [4.69, 9.17) is 4.74 Å². The lowest BCUT2D eigenvalue weighted by atomic mass is 9.57. The van der Waals surface area contributed by atoms with Crippen LogP contribution >= 0.6 is 0 Å². The summed E-state index contributed by atoms with van der Waals surface area (Å²) in [6, 6.07) is 18.2. The molecule has 3 atom stereocenters. The van der Waals surface area contributed by atoms with E-state index in [1.807, 2.05) is 37.3 Å². The molecule has 0 radical (unpaired) electrons. The lowest BCUT2D eigenvalue weighted by Crippen LogP contribution is -2.62. The number of rotatable bonds is 4. The normalized spacial score (nSPS) is 27.0. The first-order chi connectivity index (χ1) is 11.7. The molecule has 1 aliphatic heterocycles. The predicted octanol–water partition coefficient (Wildman–Crippen LogP) is 3.76. The van der Waals surface area contributed by atoms with Crippen LogP contribution in [0.1, 0.15) is 25.3 Å². The molecule has 4 heteroatoms. The van der Waals surface area contributed by atoms with Crippen molar-refractivity contribution >= 4 is 17.3 Å². The highest BCUT2D eigenvalue weighted by Crippen LogP contribution is 2.55. The summed E-state index contributed by atoms with van der Waals surface area (Å²) in [6.45, 7) is 2.26. The molecule has 0 spiro atoms. The second kappa shape index (κ2) is 5.86. The highest BCUT2D eigenvalue weighted by atomic mass is 16.5. The Hall–Kier alpha value is -2.49. The second-order valence-electron chi connectivity index (χ2n) is 6.53. The molecule has 124 valence electrons. The van der Waals surface area contributed by atoms with Gasteiger partial charge in [0.2, 0.25) is 0 Å². The highest BCUT2D eigenvalue weighted by Gasteiger charge is 2.57. The second-order valence-corrected chi connectivity index (χ2v) is 6.53. The maximum absolute atomic E-state index is 12.5. The molecule has 2 aromatic carbocycles. The molecule has 2 N–H and O–H groups in total. The van der Waals surface area contributed by atoms with Crippen molar-refractivity contribution in [2.24, 2.45) is 5.92 Å². The summed E-state index contributed by atoms with van der Waals surface area (Å²) in [6.07, 6.45) is 2.02. The number of para-hydroxylation sites is 2. The van der Waals surface area contributed by atoms with Crippen molar-refractivity contribution in [3.63, 3.8) is 0 Å². The predicted molar refractivity (Wildman–Crippen MR) is 95.0 cm³/mol. The smallest absolute Gasteiger partial charge is 0.328 e. The van der Waals surface area contributed by atoms with Gasteiger partial charge < -0.3 is 15.4 Å². The zero-order valence-corrected chi connectivity index (χ0v) is 13.8. The number of benzene rings is 2. The number of nitrogens with one attached hydrogen (secondary N) is 2. The Kier molecular flexibility index (Phi) is 3.68. The molecule has 4 rings (SSSR count). The summed E-state index contributed by atoms with van der Waals surface area (Å²) < 4.78 is 5.32. The zero-order chi connectivity index (χ0) is 16.6. The van der Waals surface area contributed by atoms with Gasteiger partial charge in [0.05, 0.1) is 12.1 Å². The fourth-order valence-corrected chi connectivity index (χ4v) is 4.11. The summed E-state index contributed by atoms with van der Waals surface area (Å²) in [5.74, 6) is 0.0302. The van der Waals surface area contributed by atoms with Crippen LogP contribution in [0.3, 0.4) is 0 Å². The standard InChI is InChI=1S/C20H22N2O2/c1-2-24-19(23)18-16-12-13-20(16,22-14-8-4-3-5-9-14)15-10-6-7-11-17(15)21-18/h3-11,16,18,21-22H,2,12-13H2,1H3/t16-,18-,20-/m1/s1. The largest absolute Gasteiger partial charge is 0.464 e. The Bertz CT molecular complexity index is 746. The molecular weight excluding hydrogens is 300 g/mol. The number of carbonyl (C=O) groups excluding carboxylic acids is 1. The SMILES string of the molecule is CCOC(=O)[C@@H]1Nc2ccccc2[C@]2(Nc3ccccc3)CC[C@H]12. The van der Waals surface area contributed by atoms with Gasteiger partial charge in [0.25, 0.3) is 0 Å². The van der Waals surface area contributed by atoms with Gasteiger partial charge in [0, 0.05) is 22.9 Å². The van der Waals surface area contributed by atoms with Crippen molar-refractivity contribution < 1.29 is 9.53 Å². The van der Waals surface area contributed by atoms with Crippen LogP contribution in [0.4, 0.5) is 11.4 Å². The Balaban J connectivity index is 1.75.